The molecule has 0 aliphatic heterocycles. The van der Waals surface area contributed by atoms with Gasteiger partial charge >= 0.3 is 6.01 Å². The number of ether oxygens (including phenoxy) is 1. The van der Waals surface area contributed by atoms with Gasteiger partial charge < -0.3 is 10.1 Å². The summed E-state index contributed by atoms with van der Waals surface area (Å²) in [5.41, 5.74) is 1.42. The monoisotopic (exact) mass is 310 g/mol. The van der Waals surface area contributed by atoms with Crippen LogP contribution < -0.4 is 10.1 Å². The van der Waals surface area contributed by atoms with E-state index in [0.29, 0.717) is 12.3 Å². The van der Waals surface area contributed by atoms with Crippen LogP contribution in [0.1, 0.15) is 17.4 Å². The first-order chi connectivity index (χ1) is 11.3. The quantitative estimate of drug-likeness (QED) is 0.771. The number of benzene rings is 1. The molecule has 0 aliphatic carbocycles. The fraction of sp³-hybridized carbons (Fsp3) is 0.133. The maximum Gasteiger partial charge on any atom is 0.316 e. The number of carbonyl (C=O) groups excluding carboxylic acids is 1. The number of amides is 1. The first-order valence-electron chi connectivity index (χ1n) is 7.00. The Bertz CT molecular complexity index is 785. The Balaban J connectivity index is 1.70. The molecule has 0 saturated carbocycles. The molecule has 0 bridgehead atoms. The molecule has 0 aliphatic rings. The molecule has 0 unspecified atom stereocenters. The number of hydrogen-bond donors (Lipinski definition) is 1. The van der Waals surface area contributed by atoms with Crippen LogP contribution in [-0.4, -0.2) is 37.5 Å². The lowest BCUT2D eigenvalue weighted by atomic mass is 10.3. The van der Waals surface area contributed by atoms with E-state index >= 15 is 0 Å². The zero-order chi connectivity index (χ0) is 16.1. The number of aromatic nitrogens is 5. The third-order valence-corrected chi connectivity index (χ3v) is 2.87. The molecule has 0 radical (unpaired) electrons. The van der Waals surface area contributed by atoms with Crippen molar-refractivity contribution in [2.24, 2.45) is 0 Å². The Morgan fingerprint density at radius 1 is 1.17 bits per heavy atom. The van der Waals surface area contributed by atoms with Crippen LogP contribution in [0.3, 0.4) is 0 Å². The number of para-hydroxylation sites is 1. The van der Waals surface area contributed by atoms with Gasteiger partial charge in [0.15, 0.2) is 5.69 Å². The molecule has 8 heteroatoms. The predicted molar refractivity (Wildman–Crippen MR) is 82.5 cm³/mol. The first-order valence-corrected chi connectivity index (χ1v) is 7.00. The Kier molecular flexibility index (Phi) is 4.23. The summed E-state index contributed by atoms with van der Waals surface area (Å²) in [6.07, 6.45) is 4.34. The molecule has 1 amide bonds. The molecule has 1 N–H and O–H groups in total. The molecule has 0 saturated heterocycles. The molecule has 1 aromatic carbocycles. The summed E-state index contributed by atoms with van der Waals surface area (Å²) < 4.78 is 5.14. The topological polar surface area (TPSA) is 94.8 Å². The Morgan fingerprint density at radius 3 is 2.61 bits per heavy atom. The minimum Gasteiger partial charge on any atom is -0.464 e. The summed E-state index contributed by atoms with van der Waals surface area (Å²) in [5, 5.41) is 10.9. The number of rotatable bonds is 5. The van der Waals surface area contributed by atoms with Gasteiger partial charge in [0.25, 0.3) is 5.91 Å². The van der Waals surface area contributed by atoms with Crippen molar-refractivity contribution in [2.75, 3.05) is 11.9 Å². The van der Waals surface area contributed by atoms with E-state index in [2.05, 4.69) is 25.5 Å². The standard InChI is InChI=1S/C15H14N6O2/c1-2-23-15-16-8-11(9-17-15)19-14(22)13-10-18-21(20-13)12-6-4-3-5-7-12/h3-10H,2H2,1H3,(H,19,22). The smallest absolute Gasteiger partial charge is 0.316 e. The highest BCUT2D eigenvalue weighted by Gasteiger charge is 2.12. The second-order valence-electron chi connectivity index (χ2n) is 4.50. The van der Waals surface area contributed by atoms with Crippen LogP contribution in [0.5, 0.6) is 6.01 Å². The minimum atomic E-state index is -0.389. The van der Waals surface area contributed by atoms with Crippen molar-refractivity contribution in [3.05, 3.63) is 54.6 Å². The number of nitrogens with one attached hydrogen (secondary N) is 1. The maximum absolute atomic E-state index is 12.2. The first kappa shape index (κ1) is 14.6. The van der Waals surface area contributed by atoms with Gasteiger partial charge in [-0.2, -0.15) is 9.90 Å². The molecule has 23 heavy (non-hydrogen) atoms. The maximum atomic E-state index is 12.2. The number of anilines is 1. The van der Waals surface area contributed by atoms with Crippen molar-refractivity contribution in [1.82, 2.24) is 25.0 Å². The summed E-state index contributed by atoms with van der Waals surface area (Å²) in [7, 11) is 0. The summed E-state index contributed by atoms with van der Waals surface area (Å²) in [5.74, 6) is -0.389. The van der Waals surface area contributed by atoms with Gasteiger partial charge in [0.05, 0.1) is 36.6 Å². The van der Waals surface area contributed by atoms with Gasteiger partial charge in [0.1, 0.15) is 0 Å². The van der Waals surface area contributed by atoms with Gasteiger partial charge in [-0.15, -0.1) is 5.10 Å². The molecule has 0 atom stereocenters. The van der Waals surface area contributed by atoms with Crippen molar-refractivity contribution in [3.63, 3.8) is 0 Å². The Labute approximate surface area is 132 Å². The molecular weight excluding hydrogens is 296 g/mol. The molecular formula is C15H14N6O2. The van der Waals surface area contributed by atoms with E-state index in [0.717, 1.165) is 5.69 Å². The molecule has 116 valence electrons. The lowest BCUT2D eigenvalue weighted by molar-refractivity contribution is 0.102. The van der Waals surface area contributed by atoms with Crippen molar-refractivity contribution in [1.29, 1.82) is 0 Å². The van der Waals surface area contributed by atoms with Crippen molar-refractivity contribution < 1.29 is 9.53 Å². The van der Waals surface area contributed by atoms with Gasteiger partial charge in [-0.1, -0.05) is 18.2 Å². The normalized spacial score (nSPS) is 10.3. The van der Waals surface area contributed by atoms with E-state index in [1.54, 1.807) is 0 Å². The summed E-state index contributed by atoms with van der Waals surface area (Å²) in [6.45, 7) is 2.32. The highest BCUT2D eigenvalue weighted by molar-refractivity contribution is 6.02. The zero-order valence-corrected chi connectivity index (χ0v) is 12.4. The third-order valence-electron chi connectivity index (χ3n) is 2.87. The van der Waals surface area contributed by atoms with Crippen LogP contribution in [-0.2, 0) is 0 Å². The van der Waals surface area contributed by atoms with Crippen LogP contribution in [0.25, 0.3) is 5.69 Å². The molecule has 8 nitrogen and oxygen atoms in total. The minimum absolute atomic E-state index is 0.197. The molecule has 3 rings (SSSR count). The molecule has 0 spiro atoms. The second kappa shape index (κ2) is 6.65. The van der Waals surface area contributed by atoms with Crippen LogP contribution in [0.2, 0.25) is 0 Å². The highest BCUT2D eigenvalue weighted by Crippen LogP contribution is 2.09. The van der Waals surface area contributed by atoms with E-state index < -0.39 is 0 Å². The molecule has 2 aromatic heterocycles. The molecule has 3 aromatic rings. The lowest BCUT2D eigenvalue weighted by Crippen LogP contribution is -2.13. The largest absolute Gasteiger partial charge is 0.464 e. The number of hydrogen-bond acceptors (Lipinski definition) is 6. The van der Waals surface area contributed by atoms with E-state index in [1.807, 2.05) is 37.3 Å². The average molecular weight is 310 g/mol. The summed E-state index contributed by atoms with van der Waals surface area (Å²) in [4.78, 5) is 21.5. The number of carbonyl (C=O) groups is 1. The lowest BCUT2D eigenvalue weighted by Gasteiger charge is -2.03. The van der Waals surface area contributed by atoms with Crippen molar-refractivity contribution in [2.45, 2.75) is 6.92 Å². The summed E-state index contributed by atoms with van der Waals surface area (Å²) in [6, 6.07) is 9.60. The van der Waals surface area contributed by atoms with E-state index in [1.165, 1.54) is 23.4 Å². The highest BCUT2D eigenvalue weighted by atomic mass is 16.5. The van der Waals surface area contributed by atoms with Crippen LogP contribution in [0.15, 0.2) is 48.9 Å². The Morgan fingerprint density at radius 2 is 1.91 bits per heavy atom. The van der Waals surface area contributed by atoms with Gasteiger partial charge in [-0.05, 0) is 19.1 Å². The SMILES string of the molecule is CCOc1ncc(NC(=O)c2cnn(-c3ccccc3)n2)cn1. The van der Waals surface area contributed by atoms with Crippen molar-refractivity contribution >= 4 is 11.6 Å². The second-order valence-corrected chi connectivity index (χ2v) is 4.50. The van der Waals surface area contributed by atoms with Gasteiger partial charge in [-0.3, -0.25) is 4.79 Å². The van der Waals surface area contributed by atoms with Crippen LogP contribution in [0, 0.1) is 0 Å². The Hall–Kier alpha value is -3.29. The van der Waals surface area contributed by atoms with Gasteiger partial charge in [0.2, 0.25) is 0 Å². The molecule has 2 heterocycles. The fourth-order valence-electron chi connectivity index (χ4n) is 1.83. The number of nitrogens with zero attached hydrogens (tertiary/aromatic N) is 5. The predicted octanol–water partition coefficient (Wildman–Crippen LogP) is 1.71. The van der Waals surface area contributed by atoms with Crippen molar-refractivity contribution in [3.8, 4) is 11.7 Å². The average Bonchev–Trinajstić information content (AvgIpc) is 3.08. The van der Waals surface area contributed by atoms with Gasteiger partial charge in [-0.25, -0.2) is 9.97 Å². The fourth-order valence-corrected chi connectivity index (χ4v) is 1.83. The van der Waals surface area contributed by atoms with E-state index in [9.17, 15) is 4.79 Å². The van der Waals surface area contributed by atoms with Gasteiger partial charge in [0, 0.05) is 0 Å². The third kappa shape index (κ3) is 3.49. The van der Waals surface area contributed by atoms with E-state index in [4.69, 9.17) is 4.74 Å². The zero-order valence-electron chi connectivity index (χ0n) is 12.4. The van der Waals surface area contributed by atoms with Crippen LogP contribution >= 0.6 is 0 Å². The van der Waals surface area contributed by atoms with E-state index in [-0.39, 0.29) is 17.6 Å². The van der Waals surface area contributed by atoms with Crippen LogP contribution in [0.4, 0.5) is 5.69 Å². The summed E-state index contributed by atoms with van der Waals surface area (Å²) >= 11 is 0. The molecule has 0 fully saturated rings.